The lowest BCUT2D eigenvalue weighted by Gasteiger charge is -2.18. The fourth-order valence-corrected chi connectivity index (χ4v) is 1.73. The maximum absolute atomic E-state index is 2.41. The number of hydrogen-bond acceptors (Lipinski definition) is 0. The first-order chi connectivity index (χ1) is 4.29. The molecular weight excluding hydrogens is 108 g/mol. The molecule has 2 aliphatic carbocycles. The van der Waals surface area contributed by atoms with E-state index in [0.29, 0.717) is 0 Å². The summed E-state index contributed by atoms with van der Waals surface area (Å²) in [5, 5.41) is 0. The molecule has 0 radical (unpaired) electrons. The Morgan fingerprint density at radius 2 is 2.22 bits per heavy atom. The van der Waals surface area contributed by atoms with E-state index in [9.17, 15) is 0 Å². The van der Waals surface area contributed by atoms with Crippen LogP contribution in [0.2, 0.25) is 0 Å². The average molecular weight is 120 g/mol. The molecule has 1 unspecified atom stereocenters. The monoisotopic (exact) mass is 120 g/mol. The maximum atomic E-state index is 2.41. The van der Waals surface area contributed by atoms with Crippen molar-refractivity contribution < 1.29 is 0 Å². The number of rotatable bonds is 0. The smallest absolute Gasteiger partial charge is 0.00426 e. The molecule has 0 bridgehead atoms. The Morgan fingerprint density at radius 3 is 2.44 bits per heavy atom. The van der Waals surface area contributed by atoms with E-state index < -0.39 is 0 Å². The molecule has 0 nitrogen and oxygen atoms in total. The molecule has 0 amide bonds. The zero-order chi connectivity index (χ0) is 6.43. The van der Waals surface area contributed by atoms with Gasteiger partial charge in [-0.3, -0.25) is 0 Å². The maximum Gasteiger partial charge on any atom is -0.00426 e. The minimum Gasteiger partial charge on any atom is -0.0741 e. The molecule has 1 saturated carbocycles. The lowest BCUT2D eigenvalue weighted by atomic mass is 9.87. The predicted octanol–water partition coefficient (Wildman–Crippen LogP) is 2.67. The van der Waals surface area contributed by atoms with Crippen LogP contribution in [0.4, 0.5) is 0 Å². The number of hydrogen-bond donors (Lipinski definition) is 0. The van der Waals surface area contributed by atoms with E-state index in [1.165, 1.54) is 12.8 Å². The van der Waals surface area contributed by atoms with Crippen molar-refractivity contribution >= 4 is 0 Å². The molecule has 0 aliphatic heterocycles. The standard InChI is InChI=1S/C9H12/c1-6-5-8-3-4-9(8)7(6)2/h5-6H,3-4H2,1-2H3. The predicted molar refractivity (Wildman–Crippen MR) is 39.2 cm³/mol. The second-order valence-corrected chi connectivity index (χ2v) is 3.14. The van der Waals surface area contributed by atoms with Crippen molar-refractivity contribution in [3.63, 3.8) is 0 Å². The van der Waals surface area contributed by atoms with Crippen molar-refractivity contribution in [2.45, 2.75) is 26.7 Å². The third-order valence-electron chi connectivity index (χ3n) is 2.64. The van der Waals surface area contributed by atoms with Crippen LogP contribution < -0.4 is 0 Å². The van der Waals surface area contributed by atoms with E-state index in [4.69, 9.17) is 0 Å². The van der Waals surface area contributed by atoms with E-state index in [2.05, 4.69) is 19.9 Å². The summed E-state index contributed by atoms with van der Waals surface area (Å²) < 4.78 is 0. The summed E-state index contributed by atoms with van der Waals surface area (Å²) in [7, 11) is 0. The summed E-state index contributed by atoms with van der Waals surface area (Å²) >= 11 is 0. The normalized spacial score (nSPS) is 31.8. The van der Waals surface area contributed by atoms with Gasteiger partial charge in [0.2, 0.25) is 0 Å². The van der Waals surface area contributed by atoms with Gasteiger partial charge in [0.25, 0.3) is 0 Å². The first-order valence-corrected chi connectivity index (χ1v) is 3.70. The summed E-state index contributed by atoms with van der Waals surface area (Å²) in [5.41, 5.74) is 4.93. The molecule has 9 heavy (non-hydrogen) atoms. The van der Waals surface area contributed by atoms with Crippen molar-refractivity contribution in [2.75, 3.05) is 0 Å². The van der Waals surface area contributed by atoms with Crippen molar-refractivity contribution in [1.29, 1.82) is 0 Å². The van der Waals surface area contributed by atoms with Crippen LogP contribution in [0.5, 0.6) is 0 Å². The Bertz CT molecular complexity index is 206. The van der Waals surface area contributed by atoms with Gasteiger partial charge in [-0.25, -0.2) is 0 Å². The molecule has 2 rings (SSSR count). The van der Waals surface area contributed by atoms with E-state index in [1.807, 2.05) is 0 Å². The lowest BCUT2D eigenvalue weighted by molar-refractivity contribution is 0.818. The second-order valence-electron chi connectivity index (χ2n) is 3.14. The Labute approximate surface area is 56.3 Å². The van der Waals surface area contributed by atoms with Gasteiger partial charge >= 0.3 is 0 Å². The van der Waals surface area contributed by atoms with Crippen LogP contribution in [0.3, 0.4) is 0 Å². The lowest BCUT2D eigenvalue weighted by Crippen LogP contribution is -2.00. The highest BCUT2D eigenvalue weighted by Crippen LogP contribution is 2.43. The highest BCUT2D eigenvalue weighted by molar-refractivity contribution is 5.49. The second kappa shape index (κ2) is 1.50. The summed E-state index contributed by atoms with van der Waals surface area (Å²) in [4.78, 5) is 0. The Balaban J connectivity index is 2.42. The number of fused-ring (bicyclic) bond motifs is 1. The summed E-state index contributed by atoms with van der Waals surface area (Å²) in [5.74, 6) is 0.748. The highest BCUT2D eigenvalue weighted by Gasteiger charge is 2.26. The number of allylic oxidation sites excluding steroid dienone is 4. The molecule has 0 aromatic rings. The topological polar surface area (TPSA) is 0 Å². The SMILES string of the molecule is CC1=C2CCC2=CC1C. The molecule has 1 fully saturated rings. The third-order valence-corrected chi connectivity index (χ3v) is 2.64. The minimum absolute atomic E-state index is 0.748. The van der Waals surface area contributed by atoms with Crippen LogP contribution in [-0.2, 0) is 0 Å². The van der Waals surface area contributed by atoms with Gasteiger partial charge in [0.1, 0.15) is 0 Å². The van der Waals surface area contributed by atoms with Crippen molar-refractivity contribution in [3.05, 3.63) is 22.8 Å². The van der Waals surface area contributed by atoms with Gasteiger partial charge in [-0.1, -0.05) is 18.6 Å². The van der Waals surface area contributed by atoms with Crippen molar-refractivity contribution in [1.82, 2.24) is 0 Å². The zero-order valence-corrected chi connectivity index (χ0v) is 6.07. The van der Waals surface area contributed by atoms with E-state index in [-0.39, 0.29) is 0 Å². The van der Waals surface area contributed by atoms with Crippen LogP contribution >= 0.6 is 0 Å². The van der Waals surface area contributed by atoms with Gasteiger partial charge in [0.15, 0.2) is 0 Å². The van der Waals surface area contributed by atoms with E-state index in [0.717, 1.165) is 5.92 Å². The Hall–Kier alpha value is -0.520. The van der Waals surface area contributed by atoms with Gasteiger partial charge in [0.05, 0.1) is 0 Å². The first-order valence-electron chi connectivity index (χ1n) is 3.70. The highest BCUT2D eigenvalue weighted by atomic mass is 14.3. The fourth-order valence-electron chi connectivity index (χ4n) is 1.73. The summed E-state index contributed by atoms with van der Waals surface area (Å²) in [6.07, 6.45) is 5.10. The molecule has 0 saturated heterocycles. The first kappa shape index (κ1) is 5.28. The molecule has 0 aromatic carbocycles. The average Bonchev–Trinajstić information content (AvgIpc) is 1.92. The quantitative estimate of drug-likeness (QED) is 0.461. The summed E-state index contributed by atoms with van der Waals surface area (Å²) in [6.45, 7) is 4.55. The molecule has 48 valence electrons. The van der Waals surface area contributed by atoms with Crippen LogP contribution in [0.25, 0.3) is 0 Å². The summed E-state index contributed by atoms with van der Waals surface area (Å²) in [6, 6.07) is 0. The molecule has 0 heteroatoms. The minimum atomic E-state index is 0.748. The molecule has 0 heterocycles. The van der Waals surface area contributed by atoms with Crippen LogP contribution in [-0.4, -0.2) is 0 Å². The van der Waals surface area contributed by atoms with Gasteiger partial charge in [0, 0.05) is 0 Å². The van der Waals surface area contributed by atoms with Crippen molar-refractivity contribution in [2.24, 2.45) is 5.92 Å². The van der Waals surface area contributed by atoms with Crippen LogP contribution in [0, 0.1) is 5.92 Å². The molecule has 0 N–H and O–H groups in total. The van der Waals surface area contributed by atoms with E-state index >= 15 is 0 Å². The molecular formula is C9H12. The fraction of sp³-hybridized carbons (Fsp3) is 0.556. The van der Waals surface area contributed by atoms with Crippen LogP contribution in [0.1, 0.15) is 26.7 Å². The zero-order valence-electron chi connectivity index (χ0n) is 6.07. The van der Waals surface area contributed by atoms with Gasteiger partial charge in [-0.2, -0.15) is 0 Å². The molecule has 0 aromatic heterocycles. The van der Waals surface area contributed by atoms with Gasteiger partial charge < -0.3 is 0 Å². The van der Waals surface area contributed by atoms with Gasteiger partial charge in [-0.05, 0) is 36.8 Å². The van der Waals surface area contributed by atoms with Gasteiger partial charge in [-0.15, -0.1) is 0 Å². The Morgan fingerprint density at radius 1 is 1.44 bits per heavy atom. The van der Waals surface area contributed by atoms with Crippen LogP contribution in [0.15, 0.2) is 22.8 Å². The Kier molecular flexibility index (Phi) is 0.879. The molecule has 2 aliphatic rings. The molecule has 0 spiro atoms. The largest absolute Gasteiger partial charge is 0.0741 e. The molecule has 1 atom stereocenters. The third kappa shape index (κ3) is 0.536. The van der Waals surface area contributed by atoms with E-state index in [1.54, 1.807) is 16.7 Å². The van der Waals surface area contributed by atoms with Crippen molar-refractivity contribution in [3.8, 4) is 0 Å².